The molecule has 0 spiro atoms. The first-order valence-corrected chi connectivity index (χ1v) is 6.19. The van der Waals surface area contributed by atoms with E-state index in [1.165, 1.54) is 0 Å². The van der Waals surface area contributed by atoms with Crippen LogP contribution in [0.5, 0.6) is 0 Å². The summed E-state index contributed by atoms with van der Waals surface area (Å²) in [7, 11) is 0. The summed E-state index contributed by atoms with van der Waals surface area (Å²) >= 11 is 0. The van der Waals surface area contributed by atoms with Gasteiger partial charge in [0.1, 0.15) is 11.3 Å². The van der Waals surface area contributed by atoms with Gasteiger partial charge in [-0.1, -0.05) is 12.1 Å². The standard InChI is InChI=1S/C12H19N3O2.ClH/c1-3-10-11(8(2)15-17-10)12(16)14-9-5-4-6-13-7-9;/h9,13H,3-7H2,1-2H3,(H,14,16);1H. The SMILES string of the molecule is CCc1onc(C)c1C(=O)NC1CCCNC1.Cl. The van der Waals surface area contributed by atoms with E-state index in [-0.39, 0.29) is 24.4 Å². The maximum absolute atomic E-state index is 12.1. The highest BCUT2D eigenvalue weighted by Gasteiger charge is 2.22. The third-order valence-electron chi connectivity index (χ3n) is 3.11. The van der Waals surface area contributed by atoms with E-state index in [0.29, 0.717) is 23.4 Å². The molecule has 1 atom stereocenters. The Bertz CT molecular complexity index is 400. The molecule has 1 aliphatic heterocycles. The summed E-state index contributed by atoms with van der Waals surface area (Å²) in [5.74, 6) is 0.609. The molecular formula is C12H20ClN3O2. The molecule has 2 heterocycles. The second-order valence-electron chi connectivity index (χ2n) is 4.44. The number of hydrogen-bond donors (Lipinski definition) is 2. The van der Waals surface area contributed by atoms with Crippen LogP contribution in [-0.4, -0.2) is 30.2 Å². The number of aromatic nitrogens is 1. The number of aryl methyl sites for hydroxylation is 2. The lowest BCUT2D eigenvalue weighted by atomic mass is 10.1. The second kappa shape index (κ2) is 6.75. The highest BCUT2D eigenvalue weighted by atomic mass is 35.5. The first kappa shape index (κ1) is 15.0. The Balaban J connectivity index is 0.00000162. The van der Waals surface area contributed by atoms with Crippen molar-refractivity contribution in [2.45, 2.75) is 39.2 Å². The second-order valence-corrected chi connectivity index (χ2v) is 4.44. The molecule has 2 N–H and O–H groups in total. The minimum Gasteiger partial charge on any atom is -0.360 e. The van der Waals surface area contributed by atoms with E-state index in [2.05, 4.69) is 15.8 Å². The third-order valence-corrected chi connectivity index (χ3v) is 3.11. The first-order chi connectivity index (χ1) is 8.22. The fourth-order valence-corrected chi connectivity index (χ4v) is 2.18. The van der Waals surface area contributed by atoms with Crippen molar-refractivity contribution >= 4 is 18.3 Å². The Kier molecular flexibility index (Phi) is 5.62. The minimum absolute atomic E-state index is 0. The van der Waals surface area contributed by atoms with Crippen LogP contribution in [0.15, 0.2) is 4.52 Å². The lowest BCUT2D eigenvalue weighted by molar-refractivity contribution is 0.0928. The van der Waals surface area contributed by atoms with Crippen molar-refractivity contribution in [3.05, 3.63) is 17.0 Å². The highest BCUT2D eigenvalue weighted by molar-refractivity contribution is 5.96. The molecule has 0 aromatic carbocycles. The van der Waals surface area contributed by atoms with E-state index in [9.17, 15) is 4.79 Å². The molecule has 0 bridgehead atoms. The van der Waals surface area contributed by atoms with Crippen LogP contribution in [0.4, 0.5) is 0 Å². The Labute approximate surface area is 113 Å². The van der Waals surface area contributed by atoms with Crippen molar-refractivity contribution in [1.29, 1.82) is 0 Å². The summed E-state index contributed by atoms with van der Waals surface area (Å²) in [4.78, 5) is 12.1. The third kappa shape index (κ3) is 3.23. The summed E-state index contributed by atoms with van der Waals surface area (Å²) in [6.45, 7) is 5.64. The molecule has 1 aromatic rings. The van der Waals surface area contributed by atoms with Crippen LogP contribution in [0.2, 0.25) is 0 Å². The number of carbonyl (C=O) groups excluding carboxylic acids is 1. The van der Waals surface area contributed by atoms with Crippen LogP contribution in [0.1, 0.15) is 41.6 Å². The molecule has 5 nitrogen and oxygen atoms in total. The van der Waals surface area contributed by atoms with Crippen molar-refractivity contribution in [2.75, 3.05) is 13.1 Å². The quantitative estimate of drug-likeness (QED) is 0.875. The zero-order valence-electron chi connectivity index (χ0n) is 10.8. The van der Waals surface area contributed by atoms with Gasteiger partial charge in [0.15, 0.2) is 0 Å². The molecule has 1 fully saturated rings. The molecule has 1 saturated heterocycles. The van der Waals surface area contributed by atoms with Gasteiger partial charge < -0.3 is 15.2 Å². The van der Waals surface area contributed by atoms with Crippen molar-refractivity contribution in [3.8, 4) is 0 Å². The van der Waals surface area contributed by atoms with Crippen LogP contribution in [0.25, 0.3) is 0 Å². The highest BCUT2D eigenvalue weighted by Crippen LogP contribution is 2.14. The van der Waals surface area contributed by atoms with Gasteiger partial charge in [0.05, 0.1) is 5.69 Å². The van der Waals surface area contributed by atoms with Gasteiger partial charge in [0, 0.05) is 19.0 Å². The number of carbonyl (C=O) groups is 1. The van der Waals surface area contributed by atoms with Gasteiger partial charge in [0.2, 0.25) is 0 Å². The zero-order valence-corrected chi connectivity index (χ0v) is 11.6. The molecule has 0 aliphatic carbocycles. The molecule has 1 aliphatic rings. The maximum Gasteiger partial charge on any atom is 0.257 e. The molecular weight excluding hydrogens is 254 g/mol. The molecule has 2 rings (SSSR count). The maximum atomic E-state index is 12.1. The van der Waals surface area contributed by atoms with E-state index < -0.39 is 0 Å². The van der Waals surface area contributed by atoms with Gasteiger partial charge in [-0.3, -0.25) is 4.79 Å². The number of rotatable bonds is 3. The number of piperidine rings is 1. The monoisotopic (exact) mass is 273 g/mol. The van der Waals surface area contributed by atoms with E-state index in [1.807, 2.05) is 6.92 Å². The van der Waals surface area contributed by atoms with Crippen LogP contribution < -0.4 is 10.6 Å². The Hall–Kier alpha value is -1.07. The van der Waals surface area contributed by atoms with Crippen molar-refractivity contribution in [3.63, 3.8) is 0 Å². The van der Waals surface area contributed by atoms with Crippen molar-refractivity contribution in [1.82, 2.24) is 15.8 Å². The number of halogens is 1. The number of amides is 1. The summed E-state index contributed by atoms with van der Waals surface area (Å²) in [6.07, 6.45) is 2.82. The summed E-state index contributed by atoms with van der Waals surface area (Å²) in [5.41, 5.74) is 1.28. The summed E-state index contributed by atoms with van der Waals surface area (Å²) in [6, 6.07) is 0.218. The fourth-order valence-electron chi connectivity index (χ4n) is 2.18. The fraction of sp³-hybridized carbons (Fsp3) is 0.667. The van der Waals surface area contributed by atoms with E-state index >= 15 is 0 Å². The Morgan fingerprint density at radius 3 is 3.00 bits per heavy atom. The molecule has 6 heteroatoms. The summed E-state index contributed by atoms with van der Waals surface area (Å²) < 4.78 is 5.13. The van der Waals surface area contributed by atoms with Crippen LogP contribution in [-0.2, 0) is 6.42 Å². The lowest BCUT2D eigenvalue weighted by Gasteiger charge is -2.23. The van der Waals surface area contributed by atoms with Crippen LogP contribution >= 0.6 is 12.4 Å². The topological polar surface area (TPSA) is 67.2 Å². The van der Waals surface area contributed by atoms with Gasteiger partial charge >= 0.3 is 0 Å². The molecule has 0 saturated carbocycles. The van der Waals surface area contributed by atoms with Crippen LogP contribution in [0, 0.1) is 6.92 Å². The van der Waals surface area contributed by atoms with Crippen molar-refractivity contribution < 1.29 is 9.32 Å². The summed E-state index contributed by atoms with van der Waals surface area (Å²) in [5, 5.41) is 10.2. The predicted octanol–water partition coefficient (Wildman–Crippen LogP) is 1.45. The Morgan fingerprint density at radius 2 is 2.39 bits per heavy atom. The van der Waals surface area contributed by atoms with Crippen LogP contribution in [0.3, 0.4) is 0 Å². The Morgan fingerprint density at radius 1 is 1.61 bits per heavy atom. The van der Waals surface area contributed by atoms with E-state index in [4.69, 9.17) is 4.52 Å². The molecule has 102 valence electrons. The van der Waals surface area contributed by atoms with Gasteiger partial charge in [-0.05, 0) is 26.3 Å². The van der Waals surface area contributed by atoms with E-state index in [0.717, 1.165) is 25.9 Å². The molecule has 0 radical (unpaired) electrons. The van der Waals surface area contributed by atoms with Crippen molar-refractivity contribution in [2.24, 2.45) is 0 Å². The first-order valence-electron chi connectivity index (χ1n) is 6.19. The van der Waals surface area contributed by atoms with Gasteiger partial charge in [-0.25, -0.2) is 0 Å². The molecule has 1 amide bonds. The smallest absolute Gasteiger partial charge is 0.257 e. The van der Waals surface area contributed by atoms with E-state index in [1.54, 1.807) is 6.92 Å². The number of nitrogens with one attached hydrogen (secondary N) is 2. The predicted molar refractivity (Wildman–Crippen MR) is 71.2 cm³/mol. The molecule has 1 unspecified atom stereocenters. The average Bonchev–Trinajstić information content (AvgIpc) is 2.71. The molecule has 1 aromatic heterocycles. The van der Waals surface area contributed by atoms with Gasteiger partial charge in [0.25, 0.3) is 5.91 Å². The normalized spacial score (nSPS) is 19.1. The number of hydrogen-bond acceptors (Lipinski definition) is 4. The lowest BCUT2D eigenvalue weighted by Crippen LogP contribution is -2.45. The van der Waals surface area contributed by atoms with Gasteiger partial charge in [-0.15, -0.1) is 12.4 Å². The molecule has 18 heavy (non-hydrogen) atoms. The van der Waals surface area contributed by atoms with Gasteiger partial charge in [-0.2, -0.15) is 0 Å². The largest absolute Gasteiger partial charge is 0.360 e. The average molecular weight is 274 g/mol. The zero-order chi connectivity index (χ0) is 12.3. The number of nitrogens with zero attached hydrogens (tertiary/aromatic N) is 1. The minimum atomic E-state index is -0.0608.